The van der Waals surface area contributed by atoms with E-state index in [-0.39, 0.29) is 23.1 Å². The van der Waals surface area contributed by atoms with Crippen LogP contribution in [-0.4, -0.2) is 38.4 Å². The van der Waals surface area contributed by atoms with Crippen LogP contribution in [0.4, 0.5) is 0 Å². The third-order valence-corrected chi connectivity index (χ3v) is 6.77. The fourth-order valence-corrected chi connectivity index (χ4v) is 5.35. The second kappa shape index (κ2) is 9.01. The van der Waals surface area contributed by atoms with Crippen LogP contribution in [0, 0.1) is 13.8 Å². The fraction of sp³-hybridized carbons (Fsp3) is 0.429. The minimum absolute atomic E-state index is 0.0385. The molecule has 8 nitrogen and oxygen atoms in total. The lowest BCUT2D eigenvalue weighted by Gasteiger charge is -2.26. The molecule has 0 spiro atoms. The van der Waals surface area contributed by atoms with Crippen molar-refractivity contribution in [1.82, 2.24) is 15.0 Å². The molecule has 0 saturated carbocycles. The summed E-state index contributed by atoms with van der Waals surface area (Å²) in [5.41, 5.74) is 2.94. The summed E-state index contributed by atoms with van der Waals surface area (Å²) in [6, 6.07) is 7.79. The first kappa shape index (κ1) is 22.0. The molecule has 3 rings (SSSR count). The summed E-state index contributed by atoms with van der Waals surface area (Å²) >= 11 is 0. The summed E-state index contributed by atoms with van der Waals surface area (Å²) in [6.45, 7) is 4.51. The highest BCUT2D eigenvalue weighted by Gasteiger charge is 2.30. The quantitative estimate of drug-likeness (QED) is 0.579. The number of nitrogens with one attached hydrogen (secondary N) is 3. The van der Waals surface area contributed by atoms with Gasteiger partial charge in [0.25, 0.3) is 0 Å². The summed E-state index contributed by atoms with van der Waals surface area (Å²) in [4.78, 5) is 27.4. The molecule has 1 unspecified atom stereocenters. The molecule has 30 heavy (non-hydrogen) atoms. The molecule has 1 atom stereocenters. The van der Waals surface area contributed by atoms with Gasteiger partial charge in [0.05, 0.1) is 19.2 Å². The van der Waals surface area contributed by atoms with Crippen LogP contribution in [0.15, 0.2) is 29.2 Å². The molecular weight excluding hydrogens is 406 g/mol. The first-order valence-corrected chi connectivity index (χ1v) is 11.5. The van der Waals surface area contributed by atoms with Crippen LogP contribution in [-0.2, 0) is 26.0 Å². The van der Waals surface area contributed by atoms with Gasteiger partial charge in [-0.15, -0.1) is 0 Å². The predicted octanol–water partition coefficient (Wildman–Crippen LogP) is 2.28. The molecule has 1 heterocycles. The number of carbonyl (C=O) groups is 2. The Kier molecular flexibility index (Phi) is 6.62. The van der Waals surface area contributed by atoms with E-state index in [9.17, 15) is 18.0 Å². The number of aromatic nitrogens is 1. The van der Waals surface area contributed by atoms with Crippen LogP contribution >= 0.6 is 0 Å². The lowest BCUT2D eigenvalue weighted by molar-refractivity contribution is -0.120. The Morgan fingerprint density at radius 1 is 1.20 bits per heavy atom. The van der Waals surface area contributed by atoms with E-state index in [0.29, 0.717) is 11.4 Å². The summed E-state index contributed by atoms with van der Waals surface area (Å²) in [7, 11) is -4.10. The molecule has 0 bridgehead atoms. The van der Waals surface area contributed by atoms with Gasteiger partial charge >= 0.3 is 5.97 Å². The molecule has 0 radical (unpaired) electrons. The highest BCUT2D eigenvalue weighted by atomic mass is 32.2. The van der Waals surface area contributed by atoms with Gasteiger partial charge in [0.1, 0.15) is 10.5 Å². The van der Waals surface area contributed by atoms with Crippen molar-refractivity contribution in [2.24, 2.45) is 0 Å². The standard InChI is InChI=1S/C21H27N3O5S/c1-4-29-21(26)19-13(2)23-14(3)20(19)30(27,28)22-12-18(25)24-17-11-7-9-15-8-5-6-10-16(15)17/h5-6,8,10,17,22-23H,4,7,9,11-12H2,1-3H3,(H,24,25). The Balaban J connectivity index is 1.72. The monoisotopic (exact) mass is 433 g/mol. The molecular formula is C21H27N3O5S. The van der Waals surface area contributed by atoms with Gasteiger partial charge in [0.15, 0.2) is 0 Å². The van der Waals surface area contributed by atoms with E-state index in [0.717, 1.165) is 24.8 Å². The van der Waals surface area contributed by atoms with Gasteiger partial charge in [-0.05, 0) is 51.2 Å². The Morgan fingerprint density at radius 3 is 2.67 bits per heavy atom. The van der Waals surface area contributed by atoms with Crippen LogP contribution in [0.5, 0.6) is 0 Å². The second-order valence-electron chi connectivity index (χ2n) is 7.34. The molecule has 1 aliphatic carbocycles. The zero-order valence-electron chi connectivity index (χ0n) is 17.4. The molecule has 2 aromatic rings. The topological polar surface area (TPSA) is 117 Å². The van der Waals surface area contributed by atoms with Crippen molar-refractivity contribution >= 4 is 21.9 Å². The SMILES string of the molecule is CCOC(=O)c1c(C)[nH]c(C)c1S(=O)(=O)NCC(=O)NC1CCCc2ccccc21. The van der Waals surface area contributed by atoms with E-state index < -0.39 is 28.4 Å². The zero-order chi connectivity index (χ0) is 21.9. The number of benzene rings is 1. The Labute approximate surface area is 176 Å². The number of esters is 1. The lowest BCUT2D eigenvalue weighted by atomic mass is 9.88. The molecule has 0 saturated heterocycles. The van der Waals surface area contributed by atoms with E-state index in [1.807, 2.05) is 24.3 Å². The van der Waals surface area contributed by atoms with E-state index >= 15 is 0 Å². The first-order valence-electron chi connectivity index (χ1n) is 9.97. The molecule has 1 aliphatic rings. The highest BCUT2D eigenvalue weighted by molar-refractivity contribution is 7.89. The van der Waals surface area contributed by atoms with Gasteiger partial charge in [-0.3, -0.25) is 4.79 Å². The van der Waals surface area contributed by atoms with E-state index in [4.69, 9.17) is 4.74 Å². The summed E-state index contributed by atoms with van der Waals surface area (Å²) in [6.07, 6.45) is 2.73. The minimum Gasteiger partial charge on any atom is -0.462 e. The average molecular weight is 434 g/mol. The van der Waals surface area contributed by atoms with E-state index in [2.05, 4.69) is 15.0 Å². The smallest absolute Gasteiger partial charge is 0.341 e. The Morgan fingerprint density at radius 2 is 1.93 bits per heavy atom. The molecule has 0 aliphatic heterocycles. The van der Waals surface area contributed by atoms with Crippen molar-refractivity contribution in [3.05, 3.63) is 52.3 Å². The van der Waals surface area contributed by atoms with Gasteiger partial charge in [0, 0.05) is 11.4 Å². The van der Waals surface area contributed by atoms with E-state index in [1.54, 1.807) is 20.8 Å². The maximum Gasteiger partial charge on any atom is 0.341 e. The zero-order valence-corrected chi connectivity index (χ0v) is 18.2. The Hall–Kier alpha value is -2.65. The van der Waals surface area contributed by atoms with Crippen LogP contribution < -0.4 is 10.0 Å². The van der Waals surface area contributed by atoms with Crippen molar-refractivity contribution in [2.75, 3.05) is 13.2 Å². The van der Waals surface area contributed by atoms with Crippen molar-refractivity contribution in [3.63, 3.8) is 0 Å². The van der Waals surface area contributed by atoms with Crippen molar-refractivity contribution in [2.45, 2.75) is 51.0 Å². The molecule has 1 aromatic carbocycles. The van der Waals surface area contributed by atoms with Crippen molar-refractivity contribution in [3.8, 4) is 0 Å². The number of rotatable bonds is 7. The maximum atomic E-state index is 12.9. The van der Waals surface area contributed by atoms with Gasteiger partial charge in [0.2, 0.25) is 15.9 Å². The maximum absolute atomic E-state index is 12.9. The van der Waals surface area contributed by atoms with Crippen LogP contribution in [0.1, 0.15) is 58.7 Å². The third kappa shape index (κ3) is 4.57. The number of carbonyl (C=O) groups excluding carboxylic acids is 2. The number of fused-ring (bicyclic) bond motifs is 1. The minimum atomic E-state index is -4.10. The molecule has 162 valence electrons. The van der Waals surface area contributed by atoms with Crippen LogP contribution in [0.25, 0.3) is 0 Å². The number of hydrogen-bond donors (Lipinski definition) is 3. The van der Waals surface area contributed by atoms with Crippen LogP contribution in [0.2, 0.25) is 0 Å². The van der Waals surface area contributed by atoms with E-state index in [1.165, 1.54) is 5.56 Å². The summed E-state index contributed by atoms with van der Waals surface area (Å²) in [5, 5.41) is 2.91. The number of hydrogen-bond acceptors (Lipinski definition) is 5. The number of sulfonamides is 1. The van der Waals surface area contributed by atoms with Crippen LogP contribution in [0.3, 0.4) is 0 Å². The van der Waals surface area contributed by atoms with Gasteiger partial charge in [-0.1, -0.05) is 24.3 Å². The molecule has 1 aromatic heterocycles. The lowest BCUT2D eigenvalue weighted by Crippen LogP contribution is -2.39. The highest BCUT2D eigenvalue weighted by Crippen LogP contribution is 2.29. The molecule has 3 N–H and O–H groups in total. The van der Waals surface area contributed by atoms with Crippen molar-refractivity contribution in [1.29, 1.82) is 0 Å². The van der Waals surface area contributed by atoms with Gasteiger partial charge < -0.3 is 15.0 Å². The van der Waals surface area contributed by atoms with Gasteiger partial charge in [-0.25, -0.2) is 17.9 Å². The largest absolute Gasteiger partial charge is 0.462 e. The average Bonchev–Trinajstić information content (AvgIpc) is 3.02. The Bertz CT molecular complexity index is 1060. The normalized spacial score (nSPS) is 16.0. The van der Waals surface area contributed by atoms with Crippen molar-refractivity contribution < 1.29 is 22.7 Å². The predicted molar refractivity (Wildman–Crippen MR) is 112 cm³/mol. The summed E-state index contributed by atoms with van der Waals surface area (Å²) < 4.78 is 33.0. The number of aryl methyl sites for hydroxylation is 3. The summed E-state index contributed by atoms with van der Waals surface area (Å²) in [5.74, 6) is -1.15. The number of amides is 1. The molecule has 1 amide bonds. The second-order valence-corrected chi connectivity index (χ2v) is 9.04. The van der Waals surface area contributed by atoms with Gasteiger partial charge in [-0.2, -0.15) is 0 Å². The number of ether oxygens (including phenoxy) is 1. The number of H-pyrrole nitrogens is 1. The molecule has 9 heteroatoms. The number of aromatic amines is 1. The first-order chi connectivity index (χ1) is 14.2. The fourth-order valence-electron chi connectivity index (χ4n) is 3.93. The molecule has 0 fully saturated rings. The third-order valence-electron chi connectivity index (χ3n) is 5.19.